The maximum Gasteiger partial charge on any atom is 0.220 e. The monoisotopic (exact) mass is 207 g/mol. The summed E-state index contributed by atoms with van der Waals surface area (Å²) >= 11 is 0. The Labute approximate surface area is 91.8 Å². The minimum atomic E-state index is 0.319. The zero-order valence-electron chi connectivity index (χ0n) is 9.37. The van der Waals surface area contributed by atoms with Crippen molar-refractivity contribution in [3.8, 4) is 0 Å². The first-order valence-corrected chi connectivity index (χ1v) is 6.58. The van der Waals surface area contributed by atoms with E-state index < -0.39 is 0 Å². The molecular weight excluding hydrogens is 186 g/mol. The lowest BCUT2D eigenvalue weighted by molar-refractivity contribution is -0.122. The molecule has 2 heteroatoms. The van der Waals surface area contributed by atoms with E-state index in [1.807, 2.05) is 0 Å². The van der Waals surface area contributed by atoms with E-state index in [1.54, 1.807) is 0 Å². The van der Waals surface area contributed by atoms with Crippen molar-refractivity contribution in [1.82, 2.24) is 5.32 Å². The molecule has 3 aliphatic rings. The van der Waals surface area contributed by atoms with E-state index >= 15 is 0 Å². The number of rotatable bonds is 4. The van der Waals surface area contributed by atoms with Crippen LogP contribution < -0.4 is 5.32 Å². The van der Waals surface area contributed by atoms with Gasteiger partial charge >= 0.3 is 0 Å². The molecule has 0 aromatic carbocycles. The fraction of sp³-hybridized carbons (Fsp3) is 0.923. The molecule has 15 heavy (non-hydrogen) atoms. The average molecular weight is 207 g/mol. The van der Waals surface area contributed by atoms with Gasteiger partial charge in [-0.15, -0.1) is 0 Å². The summed E-state index contributed by atoms with van der Waals surface area (Å²) in [7, 11) is 0. The molecule has 0 radical (unpaired) electrons. The lowest BCUT2D eigenvalue weighted by Gasteiger charge is -2.20. The molecule has 2 bridgehead atoms. The molecule has 1 amide bonds. The summed E-state index contributed by atoms with van der Waals surface area (Å²) in [6.45, 7) is 0.944. The predicted molar refractivity (Wildman–Crippen MR) is 59.3 cm³/mol. The number of fused-ring (bicyclic) bond motifs is 2. The molecule has 3 fully saturated rings. The lowest BCUT2D eigenvalue weighted by Crippen LogP contribution is -2.28. The zero-order chi connectivity index (χ0) is 10.3. The second-order valence-corrected chi connectivity index (χ2v) is 5.89. The molecule has 3 unspecified atom stereocenters. The van der Waals surface area contributed by atoms with Crippen molar-refractivity contribution >= 4 is 5.91 Å². The average Bonchev–Trinajstić information content (AvgIpc) is 2.84. The van der Waals surface area contributed by atoms with E-state index in [0.29, 0.717) is 5.91 Å². The molecular formula is C13H21NO. The van der Waals surface area contributed by atoms with Crippen molar-refractivity contribution in [2.75, 3.05) is 6.54 Å². The first-order valence-electron chi connectivity index (χ1n) is 6.58. The van der Waals surface area contributed by atoms with Gasteiger partial charge in [-0.05, 0) is 55.8 Å². The summed E-state index contributed by atoms with van der Waals surface area (Å²) in [6, 6.07) is 0. The number of hydrogen-bond donors (Lipinski definition) is 1. The van der Waals surface area contributed by atoms with Crippen molar-refractivity contribution in [3.05, 3.63) is 0 Å². The van der Waals surface area contributed by atoms with Crippen molar-refractivity contribution in [2.24, 2.45) is 23.7 Å². The minimum Gasteiger partial charge on any atom is -0.356 e. The molecule has 0 aliphatic heterocycles. The van der Waals surface area contributed by atoms with Gasteiger partial charge in [0.2, 0.25) is 5.91 Å². The van der Waals surface area contributed by atoms with E-state index in [1.165, 1.54) is 38.5 Å². The third-order valence-electron chi connectivity index (χ3n) is 4.62. The van der Waals surface area contributed by atoms with Gasteiger partial charge < -0.3 is 5.32 Å². The quantitative estimate of drug-likeness (QED) is 0.753. The van der Waals surface area contributed by atoms with E-state index in [9.17, 15) is 4.79 Å². The van der Waals surface area contributed by atoms with Crippen LogP contribution in [0.4, 0.5) is 0 Å². The number of nitrogens with one attached hydrogen (secondary N) is 1. The Kier molecular flexibility index (Phi) is 2.45. The minimum absolute atomic E-state index is 0.319. The Morgan fingerprint density at radius 1 is 1.13 bits per heavy atom. The van der Waals surface area contributed by atoms with Crippen LogP contribution in [0.15, 0.2) is 0 Å². The standard InChI is InChI=1S/C13H21NO/c15-13(14-8-9-1-2-9)7-12-6-10-3-4-11(12)5-10/h9-12H,1-8H2,(H,14,15). The third kappa shape index (κ3) is 2.19. The van der Waals surface area contributed by atoms with Gasteiger partial charge in [-0.1, -0.05) is 6.42 Å². The number of carbonyl (C=O) groups is 1. The highest BCUT2D eigenvalue weighted by atomic mass is 16.1. The Hall–Kier alpha value is -0.530. The molecule has 0 heterocycles. The highest BCUT2D eigenvalue weighted by Gasteiger charge is 2.40. The van der Waals surface area contributed by atoms with Gasteiger partial charge in [0.1, 0.15) is 0 Å². The molecule has 3 saturated carbocycles. The molecule has 84 valence electrons. The van der Waals surface area contributed by atoms with E-state index in [0.717, 1.165) is 36.6 Å². The predicted octanol–water partition coefficient (Wildman–Crippen LogP) is 2.34. The Bertz CT molecular complexity index is 259. The Morgan fingerprint density at radius 3 is 2.60 bits per heavy atom. The maximum atomic E-state index is 11.7. The topological polar surface area (TPSA) is 29.1 Å². The molecule has 0 saturated heterocycles. The zero-order valence-corrected chi connectivity index (χ0v) is 9.37. The van der Waals surface area contributed by atoms with Gasteiger partial charge in [0.25, 0.3) is 0 Å². The summed E-state index contributed by atoms with van der Waals surface area (Å²) in [6.07, 6.45) is 9.05. The molecule has 0 aromatic heterocycles. The van der Waals surface area contributed by atoms with Crippen LogP contribution in [0.1, 0.15) is 44.9 Å². The van der Waals surface area contributed by atoms with Crippen LogP contribution in [0, 0.1) is 23.7 Å². The number of amides is 1. The van der Waals surface area contributed by atoms with Gasteiger partial charge in [-0.25, -0.2) is 0 Å². The maximum absolute atomic E-state index is 11.7. The Morgan fingerprint density at radius 2 is 2.00 bits per heavy atom. The summed E-state index contributed by atoms with van der Waals surface area (Å²) in [5.41, 5.74) is 0. The van der Waals surface area contributed by atoms with E-state index in [2.05, 4.69) is 5.32 Å². The van der Waals surface area contributed by atoms with Crippen LogP contribution >= 0.6 is 0 Å². The van der Waals surface area contributed by atoms with E-state index in [-0.39, 0.29) is 0 Å². The van der Waals surface area contributed by atoms with E-state index in [4.69, 9.17) is 0 Å². The van der Waals surface area contributed by atoms with Crippen LogP contribution in [0.3, 0.4) is 0 Å². The first kappa shape index (κ1) is 9.68. The van der Waals surface area contributed by atoms with Crippen molar-refractivity contribution in [3.63, 3.8) is 0 Å². The fourth-order valence-electron chi connectivity index (χ4n) is 3.52. The van der Waals surface area contributed by atoms with Crippen molar-refractivity contribution in [2.45, 2.75) is 44.9 Å². The molecule has 2 nitrogen and oxygen atoms in total. The SMILES string of the molecule is O=C(CC1CC2CCC1C2)NCC1CC1. The fourth-order valence-corrected chi connectivity index (χ4v) is 3.52. The summed E-state index contributed by atoms with van der Waals surface area (Å²) in [5, 5.41) is 3.09. The van der Waals surface area contributed by atoms with Gasteiger partial charge in [0.15, 0.2) is 0 Å². The van der Waals surface area contributed by atoms with Crippen LogP contribution in [-0.4, -0.2) is 12.5 Å². The van der Waals surface area contributed by atoms with Gasteiger partial charge in [-0.3, -0.25) is 4.79 Å². The highest BCUT2D eigenvalue weighted by Crippen LogP contribution is 2.49. The smallest absolute Gasteiger partial charge is 0.220 e. The summed E-state index contributed by atoms with van der Waals surface area (Å²) < 4.78 is 0. The third-order valence-corrected chi connectivity index (χ3v) is 4.62. The largest absolute Gasteiger partial charge is 0.356 e. The molecule has 3 atom stereocenters. The summed E-state index contributed by atoms with van der Waals surface area (Å²) in [5.74, 6) is 3.72. The molecule has 1 N–H and O–H groups in total. The second-order valence-electron chi connectivity index (χ2n) is 5.89. The van der Waals surface area contributed by atoms with Crippen LogP contribution in [-0.2, 0) is 4.79 Å². The van der Waals surface area contributed by atoms with Gasteiger partial charge in [0, 0.05) is 13.0 Å². The van der Waals surface area contributed by atoms with Crippen molar-refractivity contribution in [1.29, 1.82) is 0 Å². The Balaban J connectivity index is 1.42. The molecule has 0 aromatic rings. The molecule has 3 aliphatic carbocycles. The number of carbonyl (C=O) groups excluding carboxylic acids is 1. The molecule has 3 rings (SSSR count). The normalized spacial score (nSPS) is 38.3. The molecule has 0 spiro atoms. The second kappa shape index (κ2) is 3.80. The first-order chi connectivity index (χ1) is 7.31. The lowest BCUT2D eigenvalue weighted by atomic mass is 9.86. The van der Waals surface area contributed by atoms with Crippen LogP contribution in [0.25, 0.3) is 0 Å². The van der Waals surface area contributed by atoms with Crippen molar-refractivity contribution < 1.29 is 4.79 Å². The van der Waals surface area contributed by atoms with Crippen LogP contribution in [0.2, 0.25) is 0 Å². The summed E-state index contributed by atoms with van der Waals surface area (Å²) in [4.78, 5) is 11.7. The van der Waals surface area contributed by atoms with Gasteiger partial charge in [0.05, 0.1) is 0 Å². The highest BCUT2D eigenvalue weighted by molar-refractivity contribution is 5.76. The van der Waals surface area contributed by atoms with Gasteiger partial charge in [-0.2, -0.15) is 0 Å². The van der Waals surface area contributed by atoms with Crippen LogP contribution in [0.5, 0.6) is 0 Å². The number of hydrogen-bond acceptors (Lipinski definition) is 1.